The number of nitrogens with one attached hydrogen (secondary N) is 2. The van der Waals surface area contributed by atoms with Gasteiger partial charge in [0.15, 0.2) is 0 Å². The molecule has 1 aromatic heterocycles. The standard InChI is InChI=1S/C13H19N5O3/c1-9(16-13(14)20)12(19)17-10-2-3-11(15-8-10)18-4-6-21-7-5-18/h2-3,8-9H,4-7H2,1H3,(H,17,19)(H3,14,16,20)/t9-/m1/s1. The van der Waals surface area contributed by atoms with E-state index in [0.29, 0.717) is 18.9 Å². The van der Waals surface area contributed by atoms with E-state index in [1.54, 1.807) is 19.2 Å². The Labute approximate surface area is 122 Å². The number of aromatic nitrogens is 1. The molecule has 4 N–H and O–H groups in total. The third kappa shape index (κ3) is 4.32. The van der Waals surface area contributed by atoms with Crippen LogP contribution in [0.2, 0.25) is 0 Å². The fourth-order valence-corrected chi connectivity index (χ4v) is 1.97. The number of ether oxygens (including phenoxy) is 1. The summed E-state index contributed by atoms with van der Waals surface area (Å²) in [6.07, 6.45) is 1.58. The second-order valence-electron chi connectivity index (χ2n) is 4.72. The zero-order valence-electron chi connectivity index (χ0n) is 11.8. The van der Waals surface area contributed by atoms with E-state index in [4.69, 9.17) is 10.5 Å². The molecule has 0 radical (unpaired) electrons. The van der Waals surface area contributed by atoms with E-state index in [1.165, 1.54) is 0 Å². The van der Waals surface area contributed by atoms with E-state index >= 15 is 0 Å². The first kappa shape index (κ1) is 15.0. The maximum atomic E-state index is 11.8. The lowest BCUT2D eigenvalue weighted by atomic mass is 10.3. The van der Waals surface area contributed by atoms with Gasteiger partial charge >= 0.3 is 6.03 Å². The lowest BCUT2D eigenvalue weighted by Gasteiger charge is -2.27. The number of morpholine rings is 1. The van der Waals surface area contributed by atoms with Gasteiger partial charge in [0.1, 0.15) is 11.9 Å². The Bertz CT molecular complexity index is 499. The summed E-state index contributed by atoms with van der Waals surface area (Å²) in [7, 11) is 0. The summed E-state index contributed by atoms with van der Waals surface area (Å²) in [6, 6.07) is 2.17. The molecular formula is C13H19N5O3. The van der Waals surface area contributed by atoms with Crippen LogP contribution in [0.1, 0.15) is 6.92 Å². The van der Waals surface area contributed by atoms with Gasteiger partial charge in [0.2, 0.25) is 5.91 Å². The molecule has 0 aromatic carbocycles. The van der Waals surface area contributed by atoms with Crippen LogP contribution >= 0.6 is 0 Å². The van der Waals surface area contributed by atoms with Crippen LogP contribution in [0.15, 0.2) is 18.3 Å². The Morgan fingerprint density at radius 2 is 2.10 bits per heavy atom. The second-order valence-corrected chi connectivity index (χ2v) is 4.72. The smallest absolute Gasteiger partial charge is 0.312 e. The van der Waals surface area contributed by atoms with Gasteiger partial charge in [-0.2, -0.15) is 0 Å². The average Bonchev–Trinajstić information content (AvgIpc) is 2.48. The molecule has 8 nitrogen and oxygen atoms in total. The number of carbonyl (C=O) groups excluding carboxylic acids is 2. The van der Waals surface area contributed by atoms with Crippen molar-refractivity contribution in [3.63, 3.8) is 0 Å². The van der Waals surface area contributed by atoms with Crippen molar-refractivity contribution in [1.82, 2.24) is 10.3 Å². The quantitative estimate of drug-likeness (QED) is 0.719. The number of primary amides is 1. The number of urea groups is 1. The highest BCUT2D eigenvalue weighted by Crippen LogP contribution is 2.15. The van der Waals surface area contributed by atoms with Gasteiger partial charge in [-0.1, -0.05) is 0 Å². The number of pyridine rings is 1. The van der Waals surface area contributed by atoms with Crippen LogP contribution in [-0.2, 0) is 9.53 Å². The van der Waals surface area contributed by atoms with Gasteiger partial charge in [-0.05, 0) is 19.1 Å². The van der Waals surface area contributed by atoms with Crippen molar-refractivity contribution in [3.05, 3.63) is 18.3 Å². The summed E-state index contributed by atoms with van der Waals surface area (Å²) >= 11 is 0. The maximum Gasteiger partial charge on any atom is 0.312 e. The summed E-state index contributed by atoms with van der Waals surface area (Å²) in [4.78, 5) is 28.9. The normalized spacial score (nSPS) is 16.1. The Morgan fingerprint density at radius 3 is 2.67 bits per heavy atom. The van der Waals surface area contributed by atoms with E-state index in [1.807, 2.05) is 6.07 Å². The van der Waals surface area contributed by atoms with Crippen LogP contribution in [0.4, 0.5) is 16.3 Å². The number of hydrogen-bond donors (Lipinski definition) is 3. The number of rotatable bonds is 4. The van der Waals surface area contributed by atoms with Gasteiger partial charge in [0, 0.05) is 13.1 Å². The lowest BCUT2D eigenvalue weighted by Crippen LogP contribution is -2.44. The van der Waals surface area contributed by atoms with Gasteiger partial charge in [-0.15, -0.1) is 0 Å². The van der Waals surface area contributed by atoms with E-state index in [9.17, 15) is 9.59 Å². The molecule has 21 heavy (non-hydrogen) atoms. The molecule has 0 saturated carbocycles. The molecule has 1 atom stereocenters. The molecule has 2 rings (SSSR count). The minimum atomic E-state index is -0.738. The summed E-state index contributed by atoms with van der Waals surface area (Å²) in [5, 5.41) is 4.97. The molecule has 0 unspecified atom stereocenters. The van der Waals surface area contributed by atoms with Crippen molar-refractivity contribution in [2.45, 2.75) is 13.0 Å². The van der Waals surface area contributed by atoms with Crippen molar-refractivity contribution in [3.8, 4) is 0 Å². The van der Waals surface area contributed by atoms with Gasteiger partial charge < -0.3 is 26.0 Å². The molecule has 8 heteroatoms. The van der Waals surface area contributed by atoms with Crippen LogP contribution in [0, 0.1) is 0 Å². The Balaban J connectivity index is 1.92. The van der Waals surface area contributed by atoms with Crippen molar-refractivity contribution < 1.29 is 14.3 Å². The molecule has 1 aliphatic heterocycles. The van der Waals surface area contributed by atoms with Crippen molar-refractivity contribution >= 4 is 23.4 Å². The van der Waals surface area contributed by atoms with Crippen LogP contribution in [0.25, 0.3) is 0 Å². The molecule has 1 aromatic rings. The third-order valence-electron chi connectivity index (χ3n) is 3.10. The summed E-state index contributed by atoms with van der Waals surface area (Å²) in [5.41, 5.74) is 5.53. The minimum Gasteiger partial charge on any atom is -0.378 e. The number of nitrogens with zero attached hydrogens (tertiary/aromatic N) is 2. The first-order valence-corrected chi connectivity index (χ1v) is 6.72. The molecule has 114 valence electrons. The number of carbonyl (C=O) groups is 2. The van der Waals surface area contributed by atoms with Gasteiger partial charge in [-0.25, -0.2) is 9.78 Å². The summed E-state index contributed by atoms with van der Waals surface area (Å²) < 4.78 is 5.28. The van der Waals surface area contributed by atoms with Crippen molar-refractivity contribution in [2.75, 3.05) is 36.5 Å². The molecule has 1 fully saturated rings. The highest BCUT2D eigenvalue weighted by Gasteiger charge is 2.15. The number of nitrogens with two attached hydrogens (primary N) is 1. The predicted molar refractivity (Wildman–Crippen MR) is 78.1 cm³/mol. The van der Waals surface area contributed by atoms with E-state index < -0.39 is 12.1 Å². The first-order valence-electron chi connectivity index (χ1n) is 6.72. The average molecular weight is 293 g/mol. The first-order chi connectivity index (χ1) is 10.1. The molecule has 0 aliphatic carbocycles. The van der Waals surface area contributed by atoms with Crippen molar-refractivity contribution in [1.29, 1.82) is 0 Å². The zero-order chi connectivity index (χ0) is 15.2. The highest BCUT2D eigenvalue weighted by atomic mass is 16.5. The van der Waals surface area contributed by atoms with Gasteiger partial charge in [-0.3, -0.25) is 4.79 Å². The van der Waals surface area contributed by atoms with E-state index in [0.717, 1.165) is 18.9 Å². The van der Waals surface area contributed by atoms with Crippen LogP contribution < -0.4 is 21.3 Å². The molecule has 1 aliphatic rings. The number of anilines is 2. The molecular weight excluding hydrogens is 274 g/mol. The fraction of sp³-hybridized carbons (Fsp3) is 0.462. The zero-order valence-corrected chi connectivity index (χ0v) is 11.8. The second kappa shape index (κ2) is 6.89. The largest absolute Gasteiger partial charge is 0.378 e. The molecule has 0 bridgehead atoms. The minimum absolute atomic E-state index is 0.352. The molecule has 0 spiro atoms. The predicted octanol–water partition coefficient (Wildman–Crippen LogP) is -0.0865. The molecule has 1 saturated heterocycles. The summed E-state index contributed by atoms with van der Waals surface area (Å²) in [5.74, 6) is 0.495. The van der Waals surface area contributed by atoms with Gasteiger partial charge in [0.25, 0.3) is 0 Å². The lowest BCUT2D eigenvalue weighted by molar-refractivity contribution is -0.117. The topological polar surface area (TPSA) is 110 Å². The van der Waals surface area contributed by atoms with Crippen molar-refractivity contribution in [2.24, 2.45) is 5.73 Å². The fourth-order valence-electron chi connectivity index (χ4n) is 1.97. The maximum absolute atomic E-state index is 11.8. The monoisotopic (exact) mass is 293 g/mol. The number of amides is 3. The Morgan fingerprint density at radius 1 is 1.38 bits per heavy atom. The Kier molecular flexibility index (Phi) is 4.94. The summed E-state index contributed by atoms with van der Waals surface area (Å²) in [6.45, 7) is 4.54. The molecule has 2 heterocycles. The number of hydrogen-bond acceptors (Lipinski definition) is 5. The SMILES string of the molecule is C[C@@H](NC(N)=O)C(=O)Nc1ccc(N2CCOCC2)nc1. The highest BCUT2D eigenvalue weighted by molar-refractivity contribution is 5.96. The van der Waals surface area contributed by atoms with Crippen LogP contribution in [0.3, 0.4) is 0 Å². The van der Waals surface area contributed by atoms with E-state index in [-0.39, 0.29) is 5.91 Å². The Hall–Kier alpha value is -2.35. The van der Waals surface area contributed by atoms with Crippen LogP contribution in [-0.4, -0.2) is 49.3 Å². The third-order valence-corrected chi connectivity index (χ3v) is 3.10. The van der Waals surface area contributed by atoms with E-state index in [2.05, 4.69) is 20.5 Å². The molecule has 3 amide bonds. The van der Waals surface area contributed by atoms with Crippen LogP contribution in [0.5, 0.6) is 0 Å². The van der Waals surface area contributed by atoms with Gasteiger partial charge in [0.05, 0.1) is 25.1 Å².